The maximum Gasteiger partial charge on any atom is 0.344 e. The zero-order valence-electron chi connectivity index (χ0n) is 24.2. The van der Waals surface area contributed by atoms with Crippen LogP contribution in [0.5, 0.6) is 5.75 Å². The van der Waals surface area contributed by atoms with Crippen molar-refractivity contribution in [3.05, 3.63) is 77.9 Å². The molecule has 0 aliphatic carbocycles. The molecule has 0 saturated carbocycles. The van der Waals surface area contributed by atoms with Crippen molar-refractivity contribution in [2.45, 2.75) is 84.0 Å². The summed E-state index contributed by atoms with van der Waals surface area (Å²) in [5, 5.41) is 8.39. The molecular weight excluding hydrogens is 514 g/mol. The molecule has 0 atom stereocenters. The van der Waals surface area contributed by atoms with Crippen molar-refractivity contribution in [3.8, 4) is 5.75 Å². The normalized spacial score (nSPS) is 11.0. The Hall–Kier alpha value is -4.00. The van der Waals surface area contributed by atoms with Gasteiger partial charge >= 0.3 is 5.97 Å². The highest BCUT2D eigenvalue weighted by Crippen LogP contribution is 2.21. The number of ether oxygens (including phenoxy) is 1. The minimum absolute atomic E-state index is 0.114. The molecule has 0 radical (unpaired) electrons. The second kappa shape index (κ2) is 18.4. The number of esters is 1. The lowest BCUT2D eigenvalue weighted by molar-refractivity contribution is -0.126. The van der Waals surface area contributed by atoms with Gasteiger partial charge in [-0.2, -0.15) is 5.10 Å². The summed E-state index contributed by atoms with van der Waals surface area (Å²) in [5.74, 6) is -0.534. The van der Waals surface area contributed by atoms with Crippen LogP contribution in [0.15, 0.2) is 71.8 Å². The maximum absolute atomic E-state index is 12.7. The number of unbranched alkanes of at least 4 members (excludes halogenated alkanes) is 10. The fraction of sp³-hybridized carbons (Fsp3) is 0.412. The zero-order valence-corrected chi connectivity index (χ0v) is 24.2. The highest BCUT2D eigenvalue weighted by atomic mass is 16.5. The smallest absolute Gasteiger partial charge is 0.344 e. The SMILES string of the molecule is CCCCCCCCCCCCCC(=O)NCC(=O)N/N=C/c1ccc(OC(=O)c2cccc3ccccc23)cc1. The molecule has 3 aromatic rings. The van der Waals surface area contributed by atoms with Gasteiger partial charge in [-0.05, 0) is 53.1 Å². The summed E-state index contributed by atoms with van der Waals surface area (Å²) >= 11 is 0. The van der Waals surface area contributed by atoms with Gasteiger partial charge < -0.3 is 10.1 Å². The van der Waals surface area contributed by atoms with Crippen LogP contribution in [0.2, 0.25) is 0 Å². The Morgan fingerprint density at radius 1 is 0.732 bits per heavy atom. The van der Waals surface area contributed by atoms with Crippen molar-refractivity contribution < 1.29 is 19.1 Å². The van der Waals surface area contributed by atoms with Gasteiger partial charge in [0.25, 0.3) is 5.91 Å². The topological polar surface area (TPSA) is 96.9 Å². The van der Waals surface area contributed by atoms with Crippen LogP contribution in [-0.2, 0) is 9.59 Å². The molecule has 218 valence electrons. The summed E-state index contributed by atoms with van der Waals surface area (Å²) in [5.41, 5.74) is 3.63. The molecule has 41 heavy (non-hydrogen) atoms. The Morgan fingerprint density at radius 2 is 1.37 bits per heavy atom. The Kier molecular flexibility index (Phi) is 14.1. The highest BCUT2D eigenvalue weighted by molar-refractivity contribution is 6.05. The molecular formula is C34H43N3O4. The number of benzene rings is 3. The number of carbonyl (C=O) groups excluding carboxylic acids is 3. The maximum atomic E-state index is 12.7. The van der Waals surface area contributed by atoms with Crippen LogP contribution in [0.1, 0.15) is 99.9 Å². The third kappa shape index (κ3) is 12.0. The standard InChI is InChI=1S/C34H43N3O4/c1-2-3-4-5-6-7-8-9-10-11-12-20-32(38)35-26-33(39)37-36-25-27-21-23-29(24-22-27)41-34(40)31-19-15-17-28-16-13-14-18-30(28)31/h13-19,21-25H,2-12,20,26H2,1H3,(H,35,38)(H,37,39)/b36-25+. The first-order valence-electron chi connectivity index (χ1n) is 15.0. The van der Waals surface area contributed by atoms with Gasteiger partial charge in [-0.25, -0.2) is 10.2 Å². The van der Waals surface area contributed by atoms with Gasteiger partial charge in [-0.3, -0.25) is 9.59 Å². The monoisotopic (exact) mass is 557 g/mol. The van der Waals surface area contributed by atoms with Crippen molar-refractivity contribution in [2.24, 2.45) is 5.10 Å². The molecule has 0 aromatic heterocycles. The average molecular weight is 558 g/mol. The van der Waals surface area contributed by atoms with Crippen molar-refractivity contribution in [3.63, 3.8) is 0 Å². The molecule has 7 nitrogen and oxygen atoms in total. The summed E-state index contributed by atoms with van der Waals surface area (Å²) in [6, 6.07) is 20.0. The Bertz CT molecular complexity index is 1270. The lowest BCUT2D eigenvalue weighted by Crippen LogP contribution is -2.34. The molecule has 0 unspecified atom stereocenters. The first-order valence-corrected chi connectivity index (χ1v) is 15.0. The lowest BCUT2D eigenvalue weighted by Gasteiger charge is -2.07. The van der Waals surface area contributed by atoms with Gasteiger partial charge in [0.2, 0.25) is 5.91 Å². The number of fused-ring (bicyclic) bond motifs is 1. The summed E-state index contributed by atoms with van der Waals surface area (Å²) < 4.78 is 5.54. The van der Waals surface area contributed by atoms with E-state index in [1.54, 1.807) is 30.3 Å². The van der Waals surface area contributed by atoms with Crippen molar-refractivity contribution >= 4 is 34.8 Å². The summed E-state index contributed by atoms with van der Waals surface area (Å²) in [7, 11) is 0. The zero-order chi connectivity index (χ0) is 29.1. The van der Waals surface area contributed by atoms with Crippen LogP contribution in [0.3, 0.4) is 0 Å². The molecule has 3 rings (SSSR count). The summed E-state index contributed by atoms with van der Waals surface area (Å²) in [4.78, 5) is 36.7. The Morgan fingerprint density at radius 3 is 2.07 bits per heavy atom. The van der Waals surface area contributed by atoms with Crippen LogP contribution in [0.4, 0.5) is 0 Å². The van der Waals surface area contributed by atoms with Crippen LogP contribution < -0.4 is 15.5 Å². The van der Waals surface area contributed by atoms with Crippen LogP contribution in [0.25, 0.3) is 10.8 Å². The minimum atomic E-state index is -0.430. The highest BCUT2D eigenvalue weighted by Gasteiger charge is 2.12. The number of nitrogens with one attached hydrogen (secondary N) is 2. The van der Waals surface area contributed by atoms with Crippen molar-refractivity contribution in [1.82, 2.24) is 10.7 Å². The molecule has 3 aromatic carbocycles. The first kappa shape index (κ1) is 31.5. The van der Waals surface area contributed by atoms with Gasteiger partial charge in [0.1, 0.15) is 5.75 Å². The molecule has 0 heterocycles. The molecule has 0 spiro atoms. The summed E-state index contributed by atoms with van der Waals surface area (Å²) in [6.07, 6.45) is 15.5. The van der Waals surface area contributed by atoms with Gasteiger partial charge in [-0.1, -0.05) is 108 Å². The molecule has 0 saturated heterocycles. The van der Waals surface area contributed by atoms with E-state index in [0.29, 0.717) is 17.7 Å². The molecule has 7 heteroatoms. The van der Waals surface area contributed by atoms with Gasteiger partial charge in [0.05, 0.1) is 18.3 Å². The Balaban J connectivity index is 1.27. The quantitative estimate of drug-likeness (QED) is 0.0563. The predicted octanol–water partition coefficient (Wildman–Crippen LogP) is 7.33. The van der Waals surface area contributed by atoms with E-state index in [1.807, 2.05) is 36.4 Å². The van der Waals surface area contributed by atoms with E-state index < -0.39 is 11.9 Å². The lowest BCUT2D eigenvalue weighted by atomic mass is 10.0. The predicted molar refractivity (Wildman–Crippen MR) is 165 cm³/mol. The summed E-state index contributed by atoms with van der Waals surface area (Å²) in [6.45, 7) is 2.13. The molecule has 0 fully saturated rings. The number of amides is 2. The number of nitrogens with zero attached hydrogens (tertiary/aromatic N) is 1. The van der Waals surface area contributed by atoms with E-state index in [-0.39, 0.29) is 12.5 Å². The average Bonchev–Trinajstić information content (AvgIpc) is 2.99. The van der Waals surface area contributed by atoms with Gasteiger partial charge in [0.15, 0.2) is 0 Å². The minimum Gasteiger partial charge on any atom is -0.423 e. The van der Waals surface area contributed by atoms with E-state index in [4.69, 9.17) is 4.74 Å². The number of hydrazone groups is 1. The molecule has 2 N–H and O–H groups in total. The second-order valence-electron chi connectivity index (χ2n) is 10.3. The second-order valence-corrected chi connectivity index (χ2v) is 10.3. The molecule has 0 aliphatic heterocycles. The van der Waals surface area contributed by atoms with Gasteiger partial charge in [-0.15, -0.1) is 0 Å². The number of hydrogen-bond donors (Lipinski definition) is 2. The van der Waals surface area contributed by atoms with Crippen molar-refractivity contribution in [2.75, 3.05) is 6.54 Å². The van der Waals surface area contributed by atoms with Gasteiger partial charge in [0, 0.05) is 6.42 Å². The van der Waals surface area contributed by atoms with E-state index in [2.05, 4.69) is 22.8 Å². The number of rotatable bonds is 18. The first-order chi connectivity index (χ1) is 20.1. The van der Waals surface area contributed by atoms with E-state index in [9.17, 15) is 14.4 Å². The van der Waals surface area contributed by atoms with E-state index in [0.717, 1.165) is 35.6 Å². The molecule has 0 bridgehead atoms. The van der Waals surface area contributed by atoms with Crippen molar-refractivity contribution in [1.29, 1.82) is 0 Å². The fourth-order valence-electron chi connectivity index (χ4n) is 4.62. The van der Waals surface area contributed by atoms with E-state index in [1.165, 1.54) is 57.6 Å². The third-order valence-corrected chi connectivity index (χ3v) is 6.96. The third-order valence-electron chi connectivity index (χ3n) is 6.96. The van der Waals surface area contributed by atoms with Crippen LogP contribution in [0, 0.1) is 0 Å². The van der Waals surface area contributed by atoms with E-state index >= 15 is 0 Å². The molecule has 2 amide bonds. The molecule has 0 aliphatic rings. The Labute approximate surface area is 243 Å². The van der Waals surface area contributed by atoms with Crippen LogP contribution in [-0.4, -0.2) is 30.5 Å². The number of carbonyl (C=O) groups is 3. The van der Waals surface area contributed by atoms with Crippen LogP contribution >= 0.6 is 0 Å². The number of hydrogen-bond acceptors (Lipinski definition) is 5. The fourth-order valence-corrected chi connectivity index (χ4v) is 4.62. The largest absolute Gasteiger partial charge is 0.423 e.